The first-order valence-electron chi connectivity index (χ1n) is 8.57. The number of nitrogens with zero attached hydrogens (tertiary/aromatic N) is 4. The molecule has 1 aliphatic carbocycles. The molecule has 4 rings (SSSR count). The molecule has 0 bridgehead atoms. The smallest absolute Gasteiger partial charge is 0.194 e. The van der Waals surface area contributed by atoms with Crippen LogP contribution in [0.25, 0.3) is 11.0 Å². The van der Waals surface area contributed by atoms with E-state index in [0.717, 1.165) is 30.4 Å². The first kappa shape index (κ1) is 14.5. The van der Waals surface area contributed by atoms with Gasteiger partial charge in [0.05, 0.1) is 17.6 Å². The Labute approximate surface area is 137 Å². The zero-order valence-electron chi connectivity index (χ0n) is 14.0. The molecule has 2 heterocycles. The van der Waals surface area contributed by atoms with Gasteiger partial charge in [-0.15, -0.1) is 0 Å². The summed E-state index contributed by atoms with van der Waals surface area (Å²) in [5, 5.41) is 3.51. The van der Waals surface area contributed by atoms with Gasteiger partial charge in [-0.2, -0.15) is 0 Å². The minimum Gasteiger partial charge on any atom is -0.349 e. The summed E-state index contributed by atoms with van der Waals surface area (Å²) < 4.78 is 2.16. The molecule has 0 radical (unpaired) electrons. The normalized spacial score (nSPS) is 20.3. The molecule has 1 aromatic heterocycles. The SMILES string of the molecule is CN=C(NCc1nc2ccccc2n1C)N1CCC2(CCC2)C1. The van der Waals surface area contributed by atoms with Crippen LogP contribution < -0.4 is 5.32 Å². The molecule has 2 aromatic rings. The molecule has 122 valence electrons. The molecule has 1 aromatic carbocycles. The highest BCUT2D eigenvalue weighted by atomic mass is 15.3. The van der Waals surface area contributed by atoms with Crippen LogP contribution in [0.15, 0.2) is 29.3 Å². The van der Waals surface area contributed by atoms with Crippen LogP contribution in [0.1, 0.15) is 31.5 Å². The quantitative estimate of drug-likeness (QED) is 0.685. The van der Waals surface area contributed by atoms with Crippen molar-refractivity contribution in [2.24, 2.45) is 17.5 Å². The van der Waals surface area contributed by atoms with Gasteiger partial charge < -0.3 is 14.8 Å². The van der Waals surface area contributed by atoms with E-state index < -0.39 is 0 Å². The second-order valence-corrected chi connectivity index (χ2v) is 7.00. The van der Waals surface area contributed by atoms with E-state index >= 15 is 0 Å². The van der Waals surface area contributed by atoms with E-state index in [4.69, 9.17) is 4.98 Å². The summed E-state index contributed by atoms with van der Waals surface area (Å²) in [6.07, 6.45) is 5.51. The Balaban J connectivity index is 1.45. The predicted molar refractivity (Wildman–Crippen MR) is 93.4 cm³/mol. The molecule has 5 heteroatoms. The summed E-state index contributed by atoms with van der Waals surface area (Å²) in [6.45, 7) is 3.00. The summed E-state index contributed by atoms with van der Waals surface area (Å²) in [6, 6.07) is 8.27. The van der Waals surface area contributed by atoms with Gasteiger partial charge in [0.1, 0.15) is 5.82 Å². The second kappa shape index (κ2) is 5.55. The number of hydrogen-bond acceptors (Lipinski definition) is 2. The molecular weight excluding hydrogens is 286 g/mol. The third-order valence-electron chi connectivity index (χ3n) is 5.65. The van der Waals surface area contributed by atoms with E-state index in [1.54, 1.807) is 0 Å². The van der Waals surface area contributed by atoms with Gasteiger partial charge >= 0.3 is 0 Å². The lowest BCUT2D eigenvalue weighted by Gasteiger charge is -2.38. The molecule has 1 saturated carbocycles. The lowest BCUT2D eigenvalue weighted by Crippen LogP contribution is -2.42. The maximum Gasteiger partial charge on any atom is 0.194 e. The first-order valence-corrected chi connectivity index (χ1v) is 8.57. The van der Waals surface area contributed by atoms with Crippen molar-refractivity contribution in [2.45, 2.75) is 32.2 Å². The van der Waals surface area contributed by atoms with Gasteiger partial charge in [-0.3, -0.25) is 4.99 Å². The minimum atomic E-state index is 0.593. The Hall–Kier alpha value is -2.04. The number of likely N-dealkylation sites (tertiary alicyclic amines) is 1. The Morgan fingerprint density at radius 1 is 1.30 bits per heavy atom. The number of fused-ring (bicyclic) bond motifs is 1. The van der Waals surface area contributed by atoms with Gasteiger partial charge in [0.25, 0.3) is 0 Å². The van der Waals surface area contributed by atoms with Crippen LogP contribution in [0.5, 0.6) is 0 Å². The highest BCUT2D eigenvalue weighted by Gasteiger charge is 2.43. The number of benzene rings is 1. The minimum absolute atomic E-state index is 0.593. The fourth-order valence-corrected chi connectivity index (χ4v) is 4.04. The van der Waals surface area contributed by atoms with Gasteiger partial charge in [0.15, 0.2) is 5.96 Å². The van der Waals surface area contributed by atoms with Crippen molar-refractivity contribution in [3.8, 4) is 0 Å². The van der Waals surface area contributed by atoms with Crippen molar-refractivity contribution in [2.75, 3.05) is 20.1 Å². The van der Waals surface area contributed by atoms with E-state index in [0.29, 0.717) is 12.0 Å². The molecule has 2 fully saturated rings. The van der Waals surface area contributed by atoms with E-state index in [2.05, 4.69) is 45.0 Å². The molecule has 1 N–H and O–H groups in total. The van der Waals surface area contributed by atoms with Crippen LogP contribution in [0.4, 0.5) is 0 Å². The highest BCUT2D eigenvalue weighted by molar-refractivity contribution is 5.80. The van der Waals surface area contributed by atoms with E-state index in [1.807, 2.05) is 13.1 Å². The standard InChI is InChI=1S/C18H25N5/c1-19-17(23-11-10-18(13-23)8-5-9-18)20-12-16-21-14-6-3-4-7-15(14)22(16)2/h3-4,6-7H,5,8-13H2,1-2H3,(H,19,20). The number of aliphatic imine (C=N–C) groups is 1. The maximum atomic E-state index is 4.73. The largest absolute Gasteiger partial charge is 0.349 e. The number of rotatable bonds is 2. The number of nitrogens with one attached hydrogen (secondary N) is 1. The average molecular weight is 311 g/mol. The van der Waals surface area contributed by atoms with Crippen molar-refractivity contribution in [3.63, 3.8) is 0 Å². The molecule has 1 saturated heterocycles. The highest BCUT2D eigenvalue weighted by Crippen LogP contribution is 2.47. The Kier molecular flexibility index (Phi) is 3.51. The maximum absolute atomic E-state index is 4.73. The van der Waals surface area contributed by atoms with E-state index in [9.17, 15) is 0 Å². The fraction of sp³-hybridized carbons (Fsp3) is 0.556. The number of aryl methyl sites for hydroxylation is 1. The molecule has 1 aliphatic heterocycles. The molecule has 23 heavy (non-hydrogen) atoms. The third kappa shape index (κ3) is 2.48. The molecule has 0 amide bonds. The summed E-state index contributed by atoms with van der Waals surface area (Å²) >= 11 is 0. The van der Waals surface area contributed by atoms with Crippen molar-refractivity contribution in [1.82, 2.24) is 19.8 Å². The number of hydrogen-bond donors (Lipinski definition) is 1. The zero-order valence-corrected chi connectivity index (χ0v) is 14.0. The van der Waals surface area contributed by atoms with E-state index in [-0.39, 0.29) is 0 Å². The predicted octanol–water partition coefficient (Wildman–Crippen LogP) is 2.52. The van der Waals surface area contributed by atoms with Crippen LogP contribution in [-0.4, -0.2) is 40.5 Å². The Bertz CT molecular complexity index is 741. The van der Waals surface area contributed by atoms with Gasteiger partial charge in [-0.1, -0.05) is 18.6 Å². The molecule has 2 aliphatic rings. The van der Waals surface area contributed by atoms with Crippen LogP contribution >= 0.6 is 0 Å². The summed E-state index contributed by atoms with van der Waals surface area (Å²) in [7, 11) is 3.96. The van der Waals surface area contributed by atoms with Crippen LogP contribution in [-0.2, 0) is 13.6 Å². The fourth-order valence-electron chi connectivity index (χ4n) is 4.04. The van der Waals surface area contributed by atoms with Crippen molar-refractivity contribution in [1.29, 1.82) is 0 Å². The lowest BCUT2D eigenvalue weighted by molar-refractivity contribution is 0.151. The van der Waals surface area contributed by atoms with Gasteiger partial charge in [0.2, 0.25) is 0 Å². The van der Waals surface area contributed by atoms with Crippen molar-refractivity contribution >= 4 is 17.0 Å². The summed E-state index contributed by atoms with van der Waals surface area (Å²) in [4.78, 5) is 11.6. The second-order valence-electron chi connectivity index (χ2n) is 7.00. The van der Waals surface area contributed by atoms with Crippen LogP contribution in [0.3, 0.4) is 0 Å². The van der Waals surface area contributed by atoms with Crippen LogP contribution in [0, 0.1) is 5.41 Å². The Morgan fingerprint density at radius 3 is 2.78 bits per heavy atom. The number of guanidine groups is 1. The molecule has 1 spiro atoms. The first-order chi connectivity index (χ1) is 11.2. The van der Waals surface area contributed by atoms with Crippen molar-refractivity contribution in [3.05, 3.63) is 30.1 Å². The number of para-hydroxylation sites is 2. The monoisotopic (exact) mass is 311 g/mol. The Morgan fingerprint density at radius 2 is 2.13 bits per heavy atom. The molecule has 0 unspecified atom stereocenters. The van der Waals surface area contributed by atoms with Gasteiger partial charge in [-0.05, 0) is 36.8 Å². The van der Waals surface area contributed by atoms with Gasteiger partial charge in [0, 0.05) is 27.2 Å². The lowest BCUT2D eigenvalue weighted by atomic mass is 9.68. The van der Waals surface area contributed by atoms with E-state index in [1.165, 1.54) is 31.2 Å². The third-order valence-corrected chi connectivity index (χ3v) is 5.65. The summed E-state index contributed by atoms with van der Waals surface area (Å²) in [5.74, 6) is 2.06. The molecule has 0 atom stereocenters. The average Bonchev–Trinajstić information content (AvgIpc) is 3.11. The van der Waals surface area contributed by atoms with Crippen LogP contribution in [0.2, 0.25) is 0 Å². The summed E-state index contributed by atoms with van der Waals surface area (Å²) in [5.41, 5.74) is 2.82. The number of imidazole rings is 1. The van der Waals surface area contributed by atoms with Crippen molar-refractivity contribution < 1.29 is 0 Å². The topological polar surface area (TPSA) is 45.5 Å². The number of aromatic nitrogens is 2. The van der Waals surface area contributed by atoms with Gasteiger partial charge in [-0.25, -0.2) is 4.98 Å². The molecule has 5 nitrogen and oxygen atoms in total. The molecular formula is C18H25N5. The zero-order chi connectivity index (χ0) is 15.9.